The number of aryl methyl sites for hydroxylation is 2. The molecule has 22 heavy (non-hydrogen) atoms. The van der Waals surface area contributed by atoms with Crippen LogP contribution in [0.1, 0.15) is 29.2 Å². The summed E-state index contributed by atoms with van der Waals surface area (Å²) in [6.07, 6.45) is 0.735. The van der Waals surface area contributed by atoms with Crippen LogP contribution in [0.4, 0.5) is 11.4 Å². The van der Waals surface area contributed by atoms with Crippen molar-refractivity contribution in [2.45, 2.75) is 37.0 Å². The molecular weight excluding hydrogens is 294 g/mol. The average Bonchev–Trinajstić information content (AvgIpc) is 2.51. The quantitative estimate of drug-likeness (QED) is 0.645. The third-order valence-corrected chi connectivity index (χ3v) is 4.66. The summed E-state index contributed by atoms with van der Waals surface area (Å²) in [6, 6.07) is 9.80. The van der Waals surface area contributed by atoms with E-state index in [4.69, 9.17) is 5.73 Å². The lowest BCUT2D eigenvalue weighted by molar-refractivity contribution is 1.12. The van der Waals surface area contributed by atoms with Gasteiger partial charge in [0.15, 0.2) is 0 Å². The van der Waals surface area contributed by atoms with Gasteiger partial charge in [0, 0.05) is 9.79 Å². The maximum absolute atomic E-state index is 10.9. The minimum atomic E-state index is 0.271. The molecule has 2 aromatic rings. The van der Waals surface area contributed by atoms with Gasteiger partial charge in [-0.25, -0.2) is 0 Å². The molecule has 5 heteroatoms. The number of hydrogen-bond acceptors (Lipinski definition) is 5. The number of anilines is 1. The van der Waals surface area contributed by atoms with Gasteiger partial charge in [0.2, 0.25) is 0 Å². The van der Waals surface area contributed by atoms with Crippen molar-refractivity contribution in [1.82, 2.24) is 0 Å². The van der Waals surface area contributed by atoms with Crippen LogP contribution < -0.4 is 5.73 Å². The van der Waals surface area contributed by atoms with E-state index in [0.29, 0.717) is 11.3 Å². The van der Waals surface area contributed by atoms with Crippen LogP contribution in [0.15, 0.2) is 39.2 Å². The van der Waals surface area contributed by atoms with Crippen molar-refractivity contribution in [3.8, 4) is 6.07 Å². The summed E-state index contributed by atoms with van der Waals surface area (Å²) in [5.74, 6) is 0. The van der Waals surface area contributed by atoms with Crippen molar-refractivity contribution >= 4 is 23.1 Å². The molecule has 4 nitrogen and oxygen atoms in total. The van der Waals surface area contributed by atoms with Gasteiger partial charge >= 0.3 is 0 Å². The van der Waals surface area contributed by atoms with Crippen LogP contribution in [-0.2, 0) is 6.42 Å². The molecule has 0 bridgehead atoms. The lowest BCUT2D eigenvalue weighted by Gasteiger charge is -2.12. The summed E-state index contributed by atoms with van der Waals surface area (Å²) < 4.78 is 0. The fourth-order valence-electron chi connectivity index (χ4n) is 2.27. The molecule has 0 aromatic heterocycles. The zero-order valence-corrected chi connectivity index (χ0v) is 13.6. The van der Waals surface area contributed by atoms with Gasteiger partial charge in [-0.05, 0) is 66.4 Å². The molecule has 0 fully saturated rings. The van der Waals surface area contributed by atoms with Gasteiger partial charge in [-0.2, -0.15) is 5.26 Å². The standard InChI is InChI=1S/C17H17N3OS/c1-4-12-7-14(8-15(20-21)17(12)19)22-16-6-10(2)5-13(9-18)11(16)3/h5-8H,4,19H2,1-3H3. The molecule has 0 atom stereocenters. The van der Waals surface area contributed by atoms with Gasteiger partial charge in [-0.3, -0.25) is 0 Å². The van der Waals surface area contributed by atoms with E-state index in [1.165, 1.54) is 11.8 Å². The molecular formula is C17H17N3OS. The van der Waals surface area contributed by atoms with Crippen LogP contribution >= 0.6 is 11.8 Å². The fraction of sp³-hybridized carbons (Fsp3) is 0.235. The number of nitrogen functional groups attached to an aromatic ring is 1. The van der Waals surface area contributed by atoms with Crippen molar-refractivity contribution in [3.05, 3.63) is 51.4 Å². The second-order valence-electron chi connectivity index (χ2n) is 5.11. The number of nitrogens with zero attached hydrogens (tertiary/aromatic N) is 2. The monoisotopic (exact) mass is 311 g/mol. The van der Waals surface area contributed by atoms with Crippen molar-refractivity contribution < 1.29 is 0 Å². The molecule has 112 valence electrons. The molecule has 0 unspecified atom stereocenters. The zero-order valence-electron chi connectivity index (χ0n) is 12.8. The minimum Gasteiger partial charge on any atom is -0.397 e. The van der Waals surface area contributed by atoms with E-state index in [9.17, 15) is 10.2 Å². The van der Waals surface area contributed by atoms with Crippen LogP contribution in [0.25, 0.3) is 0 Å². The van der Waals surface area contributed by atoms with E-state index < -0.39 is 0 Å². The predicted octanol–water partition coefficient (Wildman–Crippen LogP) is 4.87. The highest BCUT2D eigenvalue weighted by Gasteiger charge is 2.11. The highest BCUT2D eigenvalue weighted by molar-refractivity contribution is 7.99. The van der Waals surface area contributed by atoms with Gasteiger partial charge in [0.1, 0.15) is 5.69 Å². The largest absolute Gasteiger partial charge is 0.397 e. The molecule has 0 saturated carbocycles. The Morgan fingerprint density at radius 3 is 2.59 bits per heavy atom. The SMILES string of the molecule is CCc1cc(Sc2cc(C)cc(C#N)c2C)cc(N=O)c1N. The van der Waals surface area contributed by atoms with E-state index in [-0.39, 0.29) is 5.69 Å². The van der Waals surface area contributed by atoms with Crippen LogP contribution in [0.3, 0.4) is 0 Å². The average molecular weight is 311 g/mol. The summed E-state index contributed by atoms with van der Waals surface area (Å²) in [4.78, 5) is 12.8. The predicted molar refractivity (Wildman–Crippen MR) is 90.4 cm³/mol. The summed E-state index contributed by atoms with van der Waals surface area (Å²) in [5.41, 5.74) is 10.2. The fourth-order valence-corrected chi connectivity index (χ4v) is 3.40. The van der Waals surface area contributed by atoms with Gasteiger partial charge in [0.25, 0.3) is 0 Å². The van der Waals surface area contributed by atoms with Crippen molar-refractivity contribution in [2.24, 2.45) is 5.18 Å². The Balaban J connectivity index is 2.50. The van der Waals surface area contributed by atoms with Crippen LogP contribution in [-0.4, -0.2) is 0 Å². The molecule has 2 aromatic carbocycles. The third kappa shape index (κ3) is 3.12. The third-order valence-electron chi connectivity index (χ3n) is 3.55. The number of rotatable bonds is 4. The highest BCUT2D eigenvalue weighted by atomic mass is 32.2. The van der Waals surface area contributed by atoms with Gasteiger partial charge in [-0.1, -0.05) is 18.7 Å². The Labute approximate surface area is 134 Å². The Bertz CT molecular complexity index is 778. The molecule has 0 heterocycles. The van der Waals surface area contributed by atoms with Crippen LogP contribution in [0.2, 0.25) is 0 Å². The first-order valence-corrected chi connectivity index (χ1v) is 7.76. The minimum absolute atomic E-state index is 0.271. The van der Waals surface area contributed by atoms with E-state index in [0.717, 1.165) is 32.9 Å². The van der Waals surface area contributed by atoms with Crippen LogP contribution in [0, 0.1) is 30.1 Å². The first kappa shape index (κ1) is 16.1. The maximum atomic E-state index is 10.9. The normalized spacial score (nSPS) is 10.3. The van der Waals surface area contributed by atoms with E-state index in [2.05, 4.69) is 11.2 Å². The molecule has 2 N–H and O–H groups in total. The molecule has 0 amide bonds. The molecule has 0 aliphatic heterocycles. The Hall–Kier alpha value is -2.32. The molecule has 0 saturated heterocycles. The Morgan fingerprint density at radius 1 is 1.27 bits per heavy atom. The lowest BCUT2D eigenvalue weighted by atomic mass is 10.1. The topological polar surface area (TPSA) is 79.2 Å². The first-order valence-electron chi connectivity index (χ1n) is 6.95. The molecule has 0 aliphatic carbocycles. The molecule has 0 radical (unpaired) electrons. The number of nitriles is 1. The van der Waals surface area contributed by atoms with Crippen LogP contribution in [0.5, 0.6) is 0 Å². The molecule has 2 rings (SSSR count). The zero-order chi connectivity index (χ0) is 16.3. The molecule has 0 aliphatic rings. The van der Waals surface area contributed by atoms with Gasteiger partial charge in [0.05, 0.1) is 17.3 Å². The van der Waals surface area contributed by atoms with Crippen molar-refractivity contribution in [2.75, 3.05) is 5.73 Å². The summed E-state index contributed by atoms with van der Waals surface area (Å²) in [7, 11) is 0. The number of nitrogens with two attached hydrogens (primary N) is 1. The smallest absolute Gasteiger partial charge is 0.132 e. The Kier molecular flexibility index (Phi) is 4.84. The van der Waals surface area contributed by atoms with Crippen molar-refractivity contribution in [3.63, 3.8) is 0 Å². The van der Waals surface area contributed by atoms with Gasteiger partial charge < -0.3 is 5.73 Å². The summed E-state index contributed by atoms with van der Waals surface area (Å²) in [5, 5.41) is 12.2. The van der Waals surface area contributed by atoms with Crippen molar-refractivity contribution in [1.29, 1.82) is 5.26 Å². The number of nitroso groups, excluding NO2 is 1. The molecule has 0 spiro atoms. The van der Waals surface area contributed by atoms with E-state index in [1.54, 1.807) is 6.07 Å². The Morgan fingerprint density at radius 2 is 2.00 bits per heavy atom. The second kappa shape index (κ2) is 6.63. The van der Waals surface area contributed by atoms with E-state index >= 15 is 0 Å². The summed E-state index contributed by atoms with van der Waals surface area (Å²) >= 11 is 1.52. The van der Waals surface area contributed by atoms with Gasteiger partial charge in [-0.15, -0.1) is 4.91 Å². The second-order valence-corrected chi connectivity index (χ2v) is 6.22. The lowest BCUT2D eigenvalue weighted by Crippen LogP contribution is -1.94. The first-order chi connectivity index (χ1) is 10.5. The highest BCUT2D eigenvalue weighted by Crippen LogP contribution is 2.38. The number of hydrogen-bond donors (Lipinski definition) is 1. The maximum Gasteiger partial charge on any atom is 0.132 e. The van der Waals surface area contributed by atoms with E-state index in [1.807, 2.05) is 39.0 Å². The number of benzene rings is 2. The summed E-state index contributed by atoms with van der Waals surface area (Å²) in [6.45, 7) is 5.88.